The van der Waals surface area contributed by atoms with Crippen LogP contribution in [0.3, 0.4) is 0 Å². The fourth-order valence-corrected chi connectivity index (χ4v) is 5.07. The van der Waals surface area contributed by atoms with Crippen molar-refractivity contribution in [3.05, 3.63) is 70.9 Å². The van der Waals surface area contributed by atoms with Crippen molar-refractivity contribution < 1.29 is 4.79 Å². The van der Waals surface area contributed by atoms with Crippen molar-refractivity contribution in [3.63, 3.8) is 0 Å². The fraction of sp³-hybridized carbons (Fsp3) is 0.320. The number of anilines is 1. The number of amides is 1. The van der Waals surface area contributed by atoms with E-state index in [1.54, 1.807) is 6.92 Å². The molecule has 2 aliphatic rings. The molecule has 154 valence electrons. The van der Waals surface area contributed by atoms with Gasteiger partial charge in [0.05, 0.1) is 0 Å². The largest absolute Gasteiger partial charge is 0.361 e. The molecule has 0 saturated heterocycles. The number of nitrogens with one attached hydrogen (secondary N) is 1. The molecule has 3 heterocycles. The molecule has 1 aromatic heterocycles. The van der Waals surface area contributed by atoms with Crippen LogP contribution < -0.4 is 4.90 Å². The Morgan fingerprint density at radius 1 is 1.23 bits per heavy atom. The zero-order valence-electron chi connectivity index (χ0n) is 17.2. The number of nitrogens with zero attached hydrogens (tertiary/aromatic N) is 2. The van der Waals surface area contributed by atoms with Gasteiger partial charge < -0.3 is 9.88 Å². The lowest BCUT2D eigenvalue weighted by Gasteiger charge is -2.27. The maximum atomic E-state index is 12.0. The van der Waals surface area contributed by atoms with Gasteiger partial charge in [0.2, 0.25) is 5.91 Å². The Balaban J connectivity index is 1.24. The Labute approximate surface area is 182 Å². The summed E-state index contributed by atoms with van der Waals surface area (Å²) in [5.41, 5.74) is 6.21. The number of para-hydroxylation sites is 1. The molecule has 5 rings (SSSR count). The zero-order chi connectivity index (χ0) is 20.7. The molecule has 0 spiro atoms. The third-order valence-corrected chi connectivity index (χ3v) is 6.76. The Bertz CT molecular complexity index is 1130. The molecule has 4 nitrogen and oxygen atoms in total. The van der Waals surface area contributed by atoms with Crippen molar-refractivity contribution >= 4 is 39.7 Å². The molecule has 0 aliphatic carbocycles. The van der Waals surface area contributed by atoms with E-state index >= 15 is 0 Å². The quantitative estimate of drug-likeness (QED) is 0.610. The van der Waals surface area contributed by atoms with Gasteiger partial charge in [-0.25, -0.2) is 0 Å². The first-order valence-electron chi connectivity index (χ1n) is 10.7. The molecule has 2 aromatic carbocycles. The summed E-state index contributed by atoms with van der Waals surface area (Å²) in [6.45, 7) is 5.56. The maximum Gasteiger partial charge on any atom is 0.223 e. The summed E-state index contributed by atoms with van der Waals surface area (Å²) in [4.78, 5) is 19.8. The summed E-state index contributed by atoms with van der Waals surface area (Å²) >= 11 is 6.12. The molecular formula is C25H26ClN3O. The Hall–Kier alpha value is -2.56. The molecule has 0 bridgehead atoms. The minimum absolute atomic E-state index is 0.135. The van der Waals surface area contributed by atoms with Crippen LogP contribution in [0.4, 0.5) is 5.69 Å². The number of benzene rings is 2. The number of aromatic amines is 1. The predicted octanol–water partition coefficient (Wildman–Crippen LogP) is 5.45. The standard InChI is InChI=1S/C25H26ClN3O/c1-17(30)29-16-19(21-4-2-3-5-25(21)29)10-13-28-11-8-18(9-12-28)23-15-27-24-14-20(26)6-7-22(23)24/h2-8,14-15,19,27H,9-13,16H2,1H3/t19-/m0/s1. The number of halogens is 1. The van der Waals surface area contributed by atoms with Crippen LogP contribution >= 0.6 is 11.6 Å². The second kappa shape index (κ2) is 7.93. The average Bonchev–Trinajstić information content (AvgIpc) is 3.34. The van der Waals surface area contributed by atoms with Gasteiger partial charge in [0, 0.05) is 65.8 Å². The number of hydrogen-bond acceptors (Lipinski definition) is 2. The number of hydrogen-bond donors (Lipinski definition) is 1. The van der Waals surface area contributed by atoms with Gasteiger partial charge in [-0.2, -0.15) is 0 Å². The smallest absolute Gasteiger partial charge is 0.223 e. The summed E-state index contributed by atoms with van der Waals surface area (Å²) < 4.78 is 0. The van der Waals surface area contributed by atoms with Crippen LogP contribution in [0.1, 0.15) is 36.8 Å². The molecule has 30 heavy (non-hydrogen) atoms. The fourth-order valence-electron chi connectivity index (χ4n) is 4.90. The van der Waals surface area contributed by atoms with Crippen LogP contribution in [-0.4, -0.2) is 42.0 Å². The van der Waals surface area contributed by atoms with Crippen LogP contribution in [0, 0.1) is 0 Å². The molecule has 2 aliphatic heterocycles. The van der Waals surface area contributed by atoms with Gasteiger partial charge in [0.15, 0.2) is 0 Å². The SMILES string of the molecule is CC(=O)N1C[C@H](CCN2CC=C(c3c[nH]c4cc(Cl)ccc34)CC2)c2ccccc21. The summed E-state index contributed by atoms with van der Waals surface area (Å²) in [7, 11) is 0. The Morgan fingerprint density at radius 3 is 2.90 bits per heavy atom. The van der Waals surface area contributed by atoms with Gasteiger partial charge in [-0.3, -0.25) is 9.69 Å². The zero-order valence-corrected chi connectivity index (χ0v) is 18.0. The first-order valence-corrected chi connectivity index (χ1v) is 11.0. The molecule has 1 atom stereocenters. The van der Waals surface area contributed by atoms with Crippen molar-refractivity contribution in [2.45, 2.75) is 25.7 Å². The first-order chi connectivity index (χ1) is 14.6. The van der Waals surface area contributed by atoms with Gasteiger partial charge >= 0.3 is 0 Å². The van der Waals surface area contributed by atoms with Crippen molar-refractivity contribution in [1.29, 1.82) is 0 Å². The van der Waals surface area contributed by atoms with Crippen LogP contribution in [0.25, 0.3) is 16.5 Å². The summed E-state index contributed by atoms with van der Waals surface area (Å²) in [6, 6.07) is 14.4. The topological polar surface area (TPSA) is 39.3 Å². The molecular weight excluding hydrogens is 394 g/mol. The van der Waals surface area contributed by atoms with Gasteiger partial charge in [-0.15, -0.1) is 0 Å². The second-order valence-electron chi connectivity index (χ2n) is 8.35. The number of H-pyrrole nitrogens is 1. The number of aromatic nitrogens is 1. The van der Waals surface area contributed by atoms with Crippen molar-refractivity contribution in [2.75, 3.05) is 31.1 Å². The highest BCUT2D eigenvalue weighted by atomic mass is 35.5. The van der Waals surface area contributed by atoms with E-state index < -0.39 is 0 Å². The van der Waals surface area contributed by atoms with Crippen LogP contribution in [0.2, 0.25) is 5.02 Å². The molecule has 1 amide bonds. The normalized spacial score (nSPS) is 19.2. The summed E-state index contributed by atoms with van der Waals surface area (Å²) in [5, 5.41) is 2.00. The van der Waals surface area contributed by atoms with E-state index in [0.29, 0.717) is 5.92 Å². The van der Waals surface area contributed by atoms with Crippen molar-refractivity contribution in [2.24, 2.45) is 0 Å². The van der Waals surface area contributed by atoms with E-state index in [1.165, 1.54) is 22.1 Å². The highest BCUT2D eigenvalue weighted by molar-refractivity contribution is 6.31. The molecule has 0 unspecified atom stereocenters. The van der Waals surface area contributed by atoms with E-state index in [0.717, 1.165) is 55.2 Å². The molecule has 0 fully saturated rings. The lowest BCUT2D eigenvalue weighted by molar-refractivity contribution is -0.116. The molecule has 1 N–H and O–H groups in total. The Morgan fingerprint density at radius 2 is 2.10 bits per heavy atom. The highest BCUT2D eigenvalue weighted by Gasteiger charge is 2.30. The van der Waals surface area contributed by atoms with Crippen molar-refractivity contribution in [1.82, 2.24) is 9.88 Å². The van der Waals surface area contributed by atoms with Gasteiger partial charge in [0.25, 0.3) is 0 Å². The highest BCUT2D eigenvalue weighted by Crippen LogP contribution is 2.38. The Kier molecular flexibility index (Phi) is 5.13. The number of rotatable bonds is 4. The van der Waals surface area contributed by atoms with Gasteiger partial charge in [0.1, 0.15) is 0 Å². The minimum atomic E-state index is 0.135. The van der Waals surface area contributed by atoms with E-state index in [1.807, 2.05) is 23.1 Å². The second-order valence-corrected chi connectivity index (χ2v) is 8.78. The summed E-state index contributed by atoms with van der Waals surface area (Å²) in [6.07, 6.45) is 6.60. The molecule has 5 heteroatoms. The molecule has 0 radical (unpaired) electrons. The number of fused-ring (bicyclic) bond motifs is 2. The number of carbonyl (C=O) groups is 1. The predicted molar refractivity (Wildman–Crippen MR) is 124 cm³/mol. The van der Waals surface area contributed by atoms with E-state index in [-0.39, 0.29) is 5.91 Å². The van der Waals surface area contributed by atoms with E-state index in [9.17, 15) is 4.79 Å². The van der Waals surface area contributed by atoms with Crippen LogP contribution in [0.15, 0.2) is 54.7 Å². The van der Waals surface area contributed by atoms with E-state index in [4.69, 9.17) is 11.6 Å². The minimum Gasteiger partial charge on any atom is -0.361 e. The third-order valence-electron chi connectivity index (χ3n) is 6.53. The van der Waals surface area contributed by atoms with Gasteiger partial charge in [-0.05, 0) is 48.7 Å². The van der Waals surface area contributed by atoms with Crippen molar-refractivity contribution in [3.8, 4) is 0 Å². The van der Waals surface area contributed by atoms with Crippen LogP contribution in [-0.2, 0) is 4.79 Å². The van der Waals surface area contributed by atoms with Crippen LogP contribution in [0.5, 0.6) is 0 Å². The monoisotopic (exact) mass is 419 g/mol. The van der Waals surface area contributed by atoms with E-state index in [2.05, 4.69) is 46.4 Å². The lowest BCUT2D eigenvalue weighted by Crippen LogP contribution is -2.31. The summed E-state index contributed by atoms with van der Waals surface area (Å²) in [5.74, 6) is 0.560. The number of carbonyl (C=O) groups excluding carboxylic acids is 1. The van der Waals surface area contributed by atoms with Gasteiger partial charge in [-0.1, -0.05) is 41.9 Å². The average molecular weight is 420 g/mol. The molecule has 0 saturated carbocycles. The lowest BCUT2D eigenvalue weighted by atomic mass is 9.96. The maximum absolute atomic E-state index is 12.0. The third kappa shape index (κ3) is 3.55. The molecule has 3 aromatic rings. The first kappa shape index (κ1) is 19.4.